The molecule has 2 fully saturated rings. The molecule has 0 radical (unpaired) electrons. The van der Waals surface area contributed by atoms with Crippen LogP contribution in [0.2, 0.25) is 0 Å². The number of esters is 1. The lowest BCUT2D eigenvalue weighted by molar-refractivity contribution is -0.152. The van der Waals surface area contributed by atoms with Gasteiger partial charge in [0.25, 0.3) is 0 Å². The van der Waals surface area contributed by atoms with E-state index >= 15 is 0 Å². The molecule has 21 heavy (non-hydrogen) atoms. The number of rotatable bonds is 4. The van der Waals surface area contributed by atoms with Crippen molar-refractivity contribution >= 4 is 5.97 Å². The van der Waals surface area contributed by atoms with E-state index < -0.39 is 5.41 Å². The van der Waals surface area contributed by atoms with Crippen LogP contribution in [0.3, 0.4) is 0 Å². The van der Waals surface area contributed by atoms with Gasteiger partial charge in [-0.05, 0) is 69.8 Å². The van der Waals surface area contributed by atoms with Gasteiger partial charge in [0.05, 0.1) is 12.0 Å². The number of ether oxygens (including phenoxy) is 1. The normalized spacial score (nSPS) is 22.0. The Morgan fingerprint density at radius 3 is 2.38 bits per heavy atom. The lowest BCUT2D eigenvalue weighted by atomic mass is 9.72. The number of likely N-dealkylation sites (tertiary alicyclic amines) is 1. The number of hydrogen-bond donors (Lipinski definition) is 0. The summed E-state index contributed by atoms with van der Waals surface area (Å²) in [6.07, 6.45) is 4.33. The molecule has 1 aromatic rings. The van der Waals surface area contributed by atoms with E-state index in [2.05, 4.69) is 36.2 Å². The Kier molecular flexibility index (Phi) is 4.03. The van der Waals surface area contributed by atoms with Crippen LogP contribution in [-0.4, -0.2) is 37.6 Å². The van der Waals surface area contributed by atoms with Crippen LogP contribution in [0.5, 0.6) is 0 Å². The molecule has 3 nitrogen and oxygen atoms in total. The predicted octanol–water partition coefficient (Wildman–Crippen LogP) is 3.09. The minimum atomic E-state index is -0.440. The molecule has 0 aromatic heterocycles. The number of hydrogen-bond acceptors (Lipinski definition) is 3. The van der Waals surface area contributed by atoms with Crippen molar-refractivity contribution < 1.29 is 9.53 Å². The van der Waals surface area contributed by atoms with Gasteiger partial charge in [0.15, 0.2) is 0 Å². The maximum Gasteiger partial charge on any atom is 0.316 e. The lowest BCUT2D eigenvalue weighted by Crippen LogP contribution is -2.47. The smallest absolute Gasteiger partial charge is 0.316 e. The number of carbonyl (C=O) groups excluding carboxylic acids is 1. The maximum atomic E-state index is 12.6. The quantitative estimate of drug-likeness (QED) is 0.797. The van der Waals surface area contributed by atoms with E-state index in [0.717, 1.165) is 37.4 Å². The highest BCUT2D eigenvalue weighted by molar-refractivity contribution is 5.83. The van der Waals surface area contributed by atoms with Crippen molar-refractivity contribution in [2.75, 3.05) is 26.7 Å². The van der Waals surface area contributed by atoms with E-state index in [9.17, 15) is 4.79 Å². The van der Waals surface area contributed by atoms with Gasteiger partial charge in [-0.25, -0.2) is 0 Å². The Hall–Kier alpha value is -1.35. The fourth-order valence-electron chi connectivity index (χ4n) is 3.37. The summed E-state index contributed by atoms with van der Waals surface area (Å²) < 4.78 is 5.41. The molecule has 0 atom stereocenters. The molecular formula is C18H25NO2. The molecule has 3 rings (SSSR count). The Labute approximate surface area is 127 Å². The second-order valence-corrected chi connectivity index (χ2v) is 6.50. The van der Waals surface area contributed by atoms with Crippen LogP contribution in [0.4, 0.5) is 0 Å². The molecule has 1 heterocycles. The highest BCUT2D eigenvalue weighted by atomic mass is 16.5. The SMILES string of the molecule is CCOC(=O)C1(c2ccc(C3CC3)cc2)CCN(C)CC1. The van der Waals surface area contributed by atoms with E-state index in [-0.39, 0.29) is 5.97 Å². The fourth-order valence-corrected chi connectivity index (χ4v) is 3.37. The fraction of sp³-hybridized carbons (Fsp3) is 0.611. The van der Waals surface area contributed by atoms with Gasteiger partial charge < -0.3 is 9.64 Å². The predicted molar refractivity (Wildman–Crippen MR) is 83.5 cm³/mol. The Morgan fingerprint density at radius 1 is 1.24 bits per heavy atom. The third kappa shape index (κ3) is 2.84. The standard InChI is InChI=1S/C18H25NO2/c1-3-21-17(20)18(10-12-19(2)13-11-18)16-8-6-15(7-9-16)14-4-5-14/h6-9,14H,3-5,10-13H2,1-2H3. The molecule has 0 spiro atoms. The summed E-state index contributed by atoms with van der Waals surface area (Å²) in [6.45, 7) is 4.24. The maximum absolute atomic E-state index is 12.6. The molecule has 1 aliphatic heterocycles. The highest BCUT2D eigenvalue weighted by Gasteiger charge is 2.43. The van der Waals surface area contributed by atoms with Gasteiger partial charge in [-0.1, -0.05) is 24.3 Å². The van der Waals surface area contributed by atoms with E-state index in [4.69, 9.17) is 4.74 Å². The Morgan fingerprint density at radius 2 is 1.86 bits per heavy atom. The molecule has 0 unspecified atom stereocenters. The largest absolute Gasteiger partial charge is 0.465 e. The number of piperidine rings is 1. The average Bonchev–Trinajstić information content (AvgIpc) is 3.33. The molecular weight excluding hydrogens is 262 g/mol. The van der Waals surface area contributed by atoms with Crippen LogP contribution in [-0.2, 0) is 14.9 Å². The molecule has 1 saturated heterocycles. The molecule has 1 aliphatic carbocycles. The molecule has 0 N–H and O–H groups in total. The van der Waals surface area contributed by atoms with Crippen molar-refractivity contribution in [2.24, 2.45) is 0 Å². The summed E-state index contributed by atoms with van der Waals surface area (Å²) in [7, 11) is 2.12. The molecule has 1 aromatic carbocycles. The molecule has 3 heteroatoms. The summed E-state index contributed by atoms with van der Waals surface area (Å²) in [4.78, 5) is 14.9. The van der Waals surface area contributed by atoms with Gasteiger partial charge in [0, 0.05) is 0 Å². The second-order valence-electron chi connectivity index (χ2n) is 6.50. The minimum absolute atomic E-state index is 0.0442. The van der Waals surface area contributed by atoms with Crippen molar-refractivity contribution in [1.82, 2.24) is 4.90 Å². The zero-order chi connectivity index (χ0) is 14.9. The summed E-state index contributed by atoms with van der Waals surface area (Å²) >= 11 is 0. The zero-order valence-electron chi connectivity index (χ0n) is 13.1. The highest BCUT2D eigenvalue weighted by Crippen LogP contribution is 2.42. The van der Waals surface area contributed by atoms with Crippen molar-refractivity contribution in [3.8, 4) is 0 Å². The lowest BCUT2D eigenvalue weighted by Gasteiger charge is -2.39. The minimum Gasteiger partial charge on any atom is -0.465 e. The van der Waals surface area contributed by atoms with E-state index in [1.807, 2.05) is 6.92 Å². The van der Waals surface area contributed by atoms with Crippen LogP contribution in [0.1, 0.15) is 49.7 Å². The first-order chi connectivity index (χ1) is 10.2. The van der Waals surface area contributed by atoms with Crippen LogP contribution in [0.15, 0.2) is 24.3 Å². The number of benzene rings is 1. The van der Waals surface area contributed by atoms with Gasteiger partial charge in [0.1, 0.15) is 0 Å². The Bertz CT molecular complexity index is 496. The van der Waals surface area contributed by atoms with Crippen molar-refractivity contribution in [3.63, 3.8) is 0 Å². The third-order valence-electron chi connectivity index (χ3n) is 5.02. The first kappa shape index (κ1) is 14.6. The molecule has 1 saturated carbocycles. The van der Waals surface area contributed by atoms with Crippen molar-refractivity contribution in [2.45, 2.75) is 43.9 Å². The van der Waals surface area contributed by atoms with Gasteiger partial charge >= 0.3 is 5.97 Å². The zero-order valence-corrected chi connectivity index (χ0v) is 13.1. The van der Waals surface area contributed by atoms with Gasteiger partial charge in [-0.3, -0.25) is 4.79 Å². The molecule has 2 aliphatic rings. The van der Waals surface area contributed by atoms with E-state index in [1.165, 1.54) is 18.4 Å². The van der Waals surface area contributed by atoms with Gasteiger partial charge in [0.2, 0.25) is 0 Å². The molecule has 114 valence electrons. The summed E-state index contributed by atoms with van der Waals surface area (Å²) in [5, 5.41) is 0. The van der Waals surface area contributed by atoms with Crippen LogP contribution in [0, 0.1) is 0 Å². The second kappa shape index (κ2) is 5.80. The topological polar surface area (TPSA) is 29.5 Å². The van der Waals surface area contributed by atoms with E-state index in [1.54, 1.807) is 0 Å². The molecule has 0 bridgehead atoms. The van der Waals surface area contributed by atoms with Gasteiger partial charge in [-0.2, -0.15) is 0 Å². The summed E-state index contributed by atoms with van der Waals surface area (Å²) in [5.74, 6) is 0.715. The summed E-state index contributed by atoms with van der Waals surface area (Å²) in [5.41, 5.74) is 2.12. The number of nitrogens with zero attached hydrogens (tertiary/aromatic N) is 1. The molecule has 0 amide bonds. The first-order valence-corrected chi connectivity index (χ1v) is 8.12. The monoisotopic (exact) mass is 287 g/mol. The van der Waals surface area contributed by atoms with Crippen molar-refractivity contribution in [3.05, 3.63) is 35.4 Å². The van der Waals surface area contributed by atoms with Crippen LogP contribution < -0.4 is 0 Å². The van der Waals surface area contributed by atoms with Crippen molar-refractivity contribution in [1.29, 1.82) is 0 Å². The summed E-state index contributed by atoms with van der Waals surface area (Å²) in [6, 6.07) is 8.75. The van der Waals surface area contributed by atoms with Crippen LogP contribution >= 0.6 is 0 Å². The average molecular weight is 287 g/mol. The number of carbonyl (C=O) groups is 1. The van der Waals surface area contributed by atoms with Gasteiger partial charge in [-0.15, -0.1) is 0 Å². The van der Waals surface area contributed by atoms with Crippen LogP contribution in [0.25, 0.3) is 0 Å². The van der Waals surface area contributed by atoms with E-state index in [0.29, 0.717) is 6.61 Å². The first-order valence-electron chi connectivity index (χ1n) is 8.12. The Balaban J connectivity index is 1.88. The third-order valence-corrected chi connectivity index (χ3v) is 5.02.